The Morgan fingerprint density at radius 1 is 1.23 bits per heavy atom. The number of carbonyl (C=O) groups is 1. The number of amides is 1. The van der Waals surface area contributed by atoms with Gasteiger partial charge in [-0.3, -0.25) is 4.79 Å². The summed E-state index contributed by atoms with van der Waals surface area (Å²) in [7, 11) is -3.72. The number of benzene rings is 1. The number of nitrogens with one attached hydrogen (secondary N) is 1. The van der Waals surface area contributed by atoms with Gasteiger partial charge in [0.15, 0.2) is 5.96 Å². The summed E-state index contributed by atoms with van der Waals surface area (Å²) in [5.41, 5.74) is 0.768. The summed E-state index contributed by atoms with van der Waals surface area (Å²) in [5, 5.41) is 8.41. The largest absolute Gasteiger partial charge is 0.357 e. The number of piperazine rings is 1. The molecule has 146 valence electrons. The highest BCUT2D eigenvalue weighted by Crippen LogP contribution is 2.11. The van der Waals surface area contributed by atoms with Crippen molar-refractivity contribution in [1.82, 2.24) is 15.1 Å². The van der Waals surface area contributed by atoms with Crippen LogP contribution in [0.1, 0.15) is 19.4 Å². The van der Waals surface area contributed by atoms with E-state index < -0.39 is 10.0 Å². The lowest BCUT2D eigenvalue weighted by Gasteiger charge is -2.36. The molecule has 2 rings (SSSR count). The number of nitrogens with zero attached hydrogens (tertiary/aromatic N) is 3. The lowest BCUT2D eigenvalue weighted by molar-refractivity contribution is -0.130. The van der Waals surface area contributed by atoms with Crippen LogP contribution in [0.25, 0.3) is 0 Å². The van der Waals surface area contributed by atoms with Crippen molar-refractivity contribution in [1.29, 1.82) is 0 Å². The molecule has 0 bridgehead atoms. The highest BCUT2D eigenvalue weighted by atomic mass is 127. The van der Waals surface area contributed by atoms with E-state index in [1.807, 2.05) is 17.9 Å². The quantitative estimate of drug-likeness (QED) is 0.361. The molecule has 0 spiro atoms. The molecule has 0 unspecified atom stereocenters. The third-order valence-electron chi connectivity index (χ3n) is 4.00. The summed E-state index contributed by atoms with van der Waals surface area (Å²) in [5.74, 6) is 0.841. The van der Waals surface area contributed by atoms with Crippen molar-refractivity contribution in [2.75, 3.05) is 32.7 Å². The number of nitrogens with two attached hydrogens (primary N) is 1. The summed E-state index contributed by atoms with van der Waals surface area (Å²) in [6, 6.07) is 6.48. The summed E-state index contributed by atoms with van der Waals surface area (Å²) in [6.07, 6.45) is 0. The van der Waals surface area contributed by atoms with E-state index in [0.29, 0.717) is 32.7 Å². The van der Waals surface area contributed by atoms with Crippen molar-refractivity contribution in [3.8, 4) is 0 Å². The zero-order chi connectivity index (χ0) is 18.4. The van der Waals surface area contributed by atoms with E-state index in [9.17, 15) is 13.2 Å². The van der Waals surface area contributed by atoms with Crippen LogP contribution in [0.2, 0.25) is 0 Å². The fourth-order valence-corrected chi connectivity index (χ4v) is 3.23. The maximum Gasteiger partial charge on any atom is 0.238 e. The fourth-order valence-electron chi connectivity index (χ4n) is 2.65. The minimum atomic E-state index is -3.72. The van der Waals surface area contributed by atoms with Crippen LogP contribution in [-0.2, 0) is 21.4 Å². The van der Waals surface area contributed by atoms with Crippen LogP contribution in [0.5, 0.6) is 0 Å². The molecule has 1 fully saturated rings. The molecule has 1 aromatic carbocycles. The highest BCUT2D eigenvalue weighted by molar-refractivity contribution is 14.0. The van der Waals surface area contributed by atoms with E-state index >= 15 is 0 Å². The Morgan fingerprint density at radius 3 is 2.38 bits per heavy atom. The molecular formula is C16H26IN5O3S. The SMILES string of the molecule is CCNC(=NCc1cccc(S(N)(=O)=O)c1)N1CCN(C(C)=O)CC1.I. The Labute approximate surface area is 171 Å². The third-order valence-corrected chi connectivity index (χ3v) is 4.91. The highest BCUT2D eigenvalue weighted by Gasteiger charge is 2.20. The minimum absolute atomic E-state index is 0. The monoisotopic (exact) mass is 495 g/mol. The fraction of sp³-hybridized carbons (Fsp3) is 0.500. The van der Waals surface area contributed by atoms with Crippen molar-refractivity contribution in [2.24, 2.45) is 10.1 Å². The first-order valence-corrected chi connectivity index (χ1v) is 9.76. The second kappa shape index (κ2) is 10.1. The Morgan fingerprint density at radius 2 is 1.85 bits per heavy atom. The number of carbonyl (C=O) groups excluding carboxylic acids is 1. The van der Waals surface area contributed by atoms with Gasteiger partial charge in [-0.25, -0.2) is 18.5 Å². The molecule has 8 nitrogen and oxygen atoms in total. The summed E-state index contributed by atoms with van der Waals surface area (Å²) < 4.78 is 22.9. The van der Waals surface area contributed by atoms with Gasteiger partial charge in [0.05, 0.1) is 11.4 Å². The number of hydrogen-bond acceptors (Lipinski definition) is 4. The van der Waals surface area contributed by atoms with Gasteiger partial charge in [0.2, 0.25) is 15.9 Å². The van der Waals surface area contributed by atoms with Crippen molar-refractivity contribution in [2.45, 2.75) is 25.3 Å². The average Bonchev–Trinajstić information content (AvgIpc) is 2.58. The molecule has 0 aliphatic carbocycles. The molecule has 1 aromatic rings. The van der Waals surface area contributed by atoms with Crippen LogP contribution in [-0.4, -0.2) is 62.8 Å². The van der Waals surface area contributed by atoms with Crippen LogP contribution >= 0.6 is 24.0 Å². The predicted molar refractivity (Wildman–Crippen MR) is 112 cm³/mol. The van der Waals surface area contributed by atoms with Crippen LogP contribution in [0.15, 0.2) is 34.2 Å². The van der Waals surface area contributed by atoms with E-state index in [0.717, 1.165) is 18.1 Å². The second-order valence-corrected chi connectivity index (χ2v) is 7.42. The topological polar surface area (TPSA) is 108 Å². The lowest BCUT2D eigenvalue weighted by atomic mass is 10.2. The normalized spacial score (nSPS) is 15.4. The number of guanidine groups is 1. The number of primary sulfonamides is 1. The maximum absolute atomic E-state index is 11.4. The van der Waals surface area contributed by atoms with Gasteiger partial charge in [-0.15, -0.1) is 24.0 Å². The molecule has 1 heterocycles. The van der Waals surface area contributed by atoms with Gasteiger partial charge in [0, 0.05) is 39.6 Å². The molecule has 1 amide bonds. The first-order chi connectivity index (χ1) is 11.8. The molecule has 0 aromatic heterocycles. The van der Waals surface area contributed by atoms with Crippen molar-refractivity contribution >= 4 is 45.9 Å². The molecule has 0 radical (unpaired) electrons. The van der Waals surface area contributed by atoms with Crippen LogP contribution < -0.4 is 10.5 Å². The number of halogens is 1. The Hall–Kier alpha value is -1.40. The lowest BCUT2D eigenvalue weighted by Crippen LogP contribution is -2.53. The van der Waals surface area contributed by atoms with Crippen molar-refractivity contribution in [3.63, 3.8) is 0 Å². The number of rotatable bonds is 4. The van der Waals surface area contributed by atoms with Crippen LogP contribution in [0.3, 0.4) is 0 Å². The van der Waals surface area contributed by atoms with Crippen LogP contribution in [0.4, 0.5) is 0 Å². The van der Waals surface area contributed by atoms with Crippen LogP contribution in [0, 0.1) is 0 Å². The van der Waals surface area contributed by atoms with E-state index in [4.69, 9.17) is 5.14 Å². The summed E-state index contributed by atoms with van der Waals surface area (Å²) in [6.45, 7) is 7.39. The van der Waals surface area contributed by atoms with Gasteiger partial charge >= 0.3 is 0 Å². The van der Waals surface area contributed by atoms with Gasteiger partial charge < -0.3 is 15.1 Å². The van der Waals surface area contributed by atoms with E-state index in [-0.39, 0.29) is 34.8 Å². The predicted octanol–water partition coefficient (Wildman–Crippen LogP) is 0.582. The zero-order valence-corrected chi connectivity index (χ0v) is 18.2. The number of hydrogen-bond donors (Lipinski definition) is 2. The second-order valence-electron chi connectivity index (χ2n) is 5.86. The first-order valence-electron chi connectivity index (χ1n) is 8.21. The van der Waals surface area contributed by atoms with Gasteiger partial charge in [-0.05, 0) is 24.6 Å². The number of aliphatic imine (C=N–C) groups is 1. The third kappa shape index (κ3) is 6.40. The summed E-state index contributed by atoms with van der Waals surface area (Å²) in [4.78, 5) is 20.0. The van der Waals surface area contributed by atoms with Crippen molar-refractivity contribution in [3.05, 3.63) is 29.8 Å². The molecule has 26 heavy (non-hydrogen) atoms. The van der Waals surface area contributed by atoms with Gasteiger partial charge in [0.25, 0.3) is 0 Å². The molecule has 0 atom stereocenters. The molecular weight excluding hydrogens is 469 g/mol. The smallest absolute Gasteiger partial charge is 0.238 e. The molecule has 10 heteroatoms. The molecule has 3 N–H and O–H groups in total. The van der Waals surface area contributed by atoms with E-state index in [1.165, 1.54) is 12.1 Å². The van der Waals surface area contributed by atoms with Gasteiger partial charge in [-0.2, -0.15) is 0 Å². The van der Waals surface area contributed by atoms with Gasteiger partial charge in [-0.1, -0.05) is 12.1 Å². The maximum atomic E-state index is 11.4. The Balaban J connectivity index is 0.00000338. The standard InChI is InChI=1S/C16H25N5O3S.HI/c1-3-18-16(21-9-7-20(8-10-21)13(2)22)19-12-14-5-4-6-15(11-14)25(17,23)24;/h4-6,11H,3,7-10,12H2,1-2H3,(H,18,19)(H2,17,23,24);1H. The first kappa shape index (κ1) is 22.6. The zero-order valence-electron chi connectivity index (χ0n) is 15.0. The molecule has 1 aliphatic rings. The Bertz CT molecular complexity index is 746. The van der Waals surface area contributed by atoms with E-state index in [2.05, 4.69) is 15.2 Å². The summed E-state index contributed by atoms with van der Waals surface area (Å²) >= 11 is 0. The molecule has 1 aliphatic heterocycles. The van der Waals surface area contributed by atoms with Crippen molar-refractivity contribution < 1.29 is 13.2 Å². The van der Waals surface area contributed by atoms with Gasteiger partial charge in [0.1, 0.15) is 0 Å². The molecule has 1 saturated heterocycles. The Kier molecular flexibility index (Phi) is 8.77. The average molecular weight is 495 g/mol. The molecule has 0 saturated carbocycles. The number of sulfonamides is 1. The minimum Gasteiger partial charge on any atom is -0.357 e. The van der Waals surface area contributed by atoms with E-state index in [1.54, 1.807) is 13.0 Å².